The number of carbonyl (C=O) groups excluding carboxylic acids is 1. The average Bonchev–Trinajstić information content (AvgIpc) is 3.42. The second-order valence-electron chi connectivity index (χ2n) is 14.1. The van der Waals surface area contributed by atoms with Gasteiger partial charge in [0.05, 0.1) is 42.8 Å². The number of benzene rings is 1. The van der Waals surface area contributed by atoms with Gasteiger partial charge in [0.1, 0.15) is 28.8 Å². The highest BCUT2D eigenvalue weighted by atomic mass is 16.5. The van der Waals surface area contributed by atoms with E-state index in [1.54, 1.807) is 19.4 Å². The van der Waals surface area contributed by atoms with E-state index in [0.29, 0.717) is 41.7 Å². The fraction of sp³-hybridized carbons (Fsp3) is 0.417. The molecule has 2 bridgehead atoms. The number of amides is 2. The predicted octanol–water partition coefficient (Wildman–Crippen LogP) is 4.14. The molecule has 2 N–H and O–H groups in total. The van der Waals surface area contributed by atoms with Crippen LogP contribution in [0.15, 0.2) is 48.9 Å². The molecule has 9 rings (SSSR count). The molecule has 2 saturated heterocycles. The molecule has 2 aliphatic carbocycles. The molecule has 2 amide bonds. The number of imidazole rings is 1. The van der Waals surface area contributed by atoms with Crippen molar-refractivity contribution in [2.75, 3.05) is 31.6 Å². The summed E-state index contributed by atoms with van der Waals surface area (Å²) in [5.74, 6) is 2.84. The molecule has 4 aliphatic rings. The highest BCUT2D eigenvalue weighted by Crippen LogP contribution is 2.41. The summed E-state index contributed by atoms with van der Waals surface area (Å²) in [4.78, 5) is 48.2. The summed E-state index contributed by atoms with van der Waals surface area (Å²) in [5, 5.41) is 22.4. The van der Waals surface area contributed by atoms with Crippen molar-refractivity contribution in [2.45, 2.75) is 50.9 Å². The predicted molar refractivity (Wildman–Crippen MR) is 183 cm³/mol. The summed E-state index contributed by atoms with van der Waals surface area (Å²) in [6.07, 6.45) is 7.96. The van der Waals surface area contributed by atoms with Gasteiger partial charge in [-0.05, 0) is 67.9 Å². The molecule has 3 atom stereocenters. The lowest BCUT2D eigenvalue weighted by atomic mass is 10.00. The third-order valence-corrected chi connectivity index (χ3v) is 10.9. The standard InChI is InChI=1S/C36H36N10O4/c1-50-29-11-24(35(47)45-19-23-6-7-27(45)31(23)42-36(48)49)9-26-32(29)46(18-21-15-43(16-21)30-14-38-13-25(12-37)40-30)34(41-26)28-10-22-3-2-8-39-33(22)44(28)17-20-4-5-20/h2-3,8-11,13-14,20-21,23,27,31,42H,4-7,15-19H2,1H3,(H,48,49)/t23-,27-,31-/m1/s1. The fourth-order valence-electron chi connectivity index (χ4n) is 8.35. The molecule has 1 aromatic carbocycles. The van der Waals surface area contributed by atoms with Crippen LogP contribution in [0.1, 0.15) is 41.7 Å². The van der Waals surface area contributed by atoms with E-state index in [1.807, 2.05) is 23.2 Å². The lowest BCUT2D eigenvalue weighted by molar-refractivity contribution is 0.0697. The Balaban J connectivity index is 1.12. The van der Waals surface area contributed by atoms with Crippen LogP contribution in [0.4, 0.5) is 10.6 Å². The first-order valence-electron chi connectivity index (χ1n) is 17.2. The molecule has 2 aliphatic heterocycles. The Morgan fingerprint density at radius 3 is 2.66 bits per heavy atom. The lowest BCUT2D eigenvalue weighted by Gasteiger charge is -2.40. The van der Waals surface area contributed by atoms with Gasteiger partial charge in [-0.3, -0.25) is 9.78 Å². The smallest absolute Gasteiger partial charge is 0.404 e. The summed E-state index contributed by atoms with van der Waals surface area (Å²) >= 11 is 0. The van der Waals surface area contributed by atoms with Gasteiger partial charge in [-0.1, -0.05) is 0 Å². The number of likely N-dealkylation sites (tertiary alicyclic amines) is 1. The van der Waals surface area contributed by atoms with Crippen molar-refractivity contribution in [1.29, 1.82) is 5.26 Å². The molecule has 0 radical (unpaired) electrons. The molecule has 4 aromatic heterocycles. The summed E-state index contributed by atoms with van der Waals surface area (Å²) in [5.41, 5.74) is 4.13. The zero-order chi connectivity index (χ0) is 34.1. The Hall–Kier alpha value is -5.71. The molecule has 50 heavy (non-hydrogen) atoms. The van der Waals surface area contributed by atoms with E-state index in [9.17, 15) is 20.0 Å². The Bertz CT molecular complexity index is 2210. The normalized spacial score (nSPS) is 21.5. The third-order valence-electron chi connectivity index (χ3n) is 10.9. The number of rotatable bonds is 9. The quantitative estimate of drug-likeness (QED) is 0.232. The number of carboxylic acid groups (broad SMARTS) is 1. The Morgan fingerprint density at radius 2 is 1.88 bits per heavy atom. The molecule has 2 saturated carbocycles. The van der Waals surface area contributed by atoms with Gasteiger partial charge in [0.25, 0.3) is 5.91 Å². The van der Waals surface area contributed by atoms with Crippen LogP contribution in [0.25, 0.3) is 33.6 Å². The molecular formula is C36H36N10O4. The number of methoxy groups -OCH3 is 1. The van der Waals surface area contributed by atoms with Gasteiger partial charge in [-0.15, -0.1) is 0 Å². The molecule has 6 heterocycles. The first-order chi connectivity index (χ1) is 24.4. The van der Waals surface area contributed by atoms with Gasteiger partial charge in [0, 0.05) is 55.8 Å². The van der Waals surface area contributed by atoms with Gasteiger partial charge in [0.2, 0.25) is 0 Å². The van der Waals surface area contributed by atoms with Crippen LogP contribution in [-0.4, -0.2) is 89.9 Å². The highest BCUT2D eigenvalue weighted by molar-refractivity contribution is 6.00. The van der Waals surface area contributed by atoms with Gasteiger partial charge >= 0.3 is 6.09 Å². The minimum Gasteiger partial charge on any atom is -0.494 e. The number of piperidine rings is 1. The van der Waals surface area contributed by atoms with Crippen LogP contribution in [0, 0.1) is 29.1 Å². The van der Waals surface area contributed by atoms with Crippen molar-refractivity contribution < 1.29 is 19.4 Å². The van der Waals surface area contributed by atoms with E-state index in [4.69, 9.17) is 14.7 Å². The minimum absolute atomic E-state index is 0.105. The van der Waals surface area contributed by atoms with E-state index in [1.165, 1.54) is 19.0 Å². The number of hydrogen-bond donors (Lipinski definition) is 2. The van der Waals surface area contributed by atoms with Gasteiger partial charge in [0.15, 0.2) is 11.5 Å². The zero-order valence-electron chi connectivity index (χ0n) is 27.6. The Labute approximate surface area is 287 Å². The van der Waals surface area contributed by atoms with Crippen LogP contribution in [0.5, 0.6) is 5.75 Å². The number of nitrogens with zero attached hydrogens (tertiary/aromatic N) is 9. The molecule has 0 spiro atoms. The molecule has 14 nitrogen and oxygen atoms in total. The zero-order valence-corrected chi connectivity index (χ0v) is 27.6. The molecule has 254 valence electrons. The van der Waals surface area contributed by atoms with Crippen LogP contribution in [0.2, 0.25) is 0 Å². The maximum Gasteiger partial charge on any atom is 0.404 e. The second kappa shape index (κ2) is 11.7. The average molecular weight is 673 g/mol. The van der Waals surface area contributed by atoms with Crippen molar-refractivity contribution in [1.82, 2.24) is 39.3 Å². The number of fused-ring (bicyclic) bond motifs is 4. The van der Waals surface area contributed by atoms with Crippen LogP contribution in [-0.2, 0) is 13.1 Å². The van der Waals surface area contributed by atoms with Crippen LogP contribution >= 0.6 is 0 Å². The maximum atomic E-state index is 14.1. The second-order valence-corrected chi connectivity index (χ2v) is 14.1. The number of aromatic nitrogens is 6. The first kappa shape index (κ1) is 30.4. The first-order valence-corrected chi connectivity index (χ1v) is 17.2. The summed E-state index contributed by atoms with van der Waals surface area (Å²) in [6, 6.07) is 11.5. The number of anilines is 1. The number of nitriles is 1. The monoisotopic (exact) mass is 672 g/mol. The van der Waals surface area contributed by atoms with E-state index >= 15 is 0 Å². The highest BCUT2D eigenvalue weighted by Gasteiger charge is 2.49. The van der Waals surface area contributed by atoms with Crippen molar-refractivity contribution in [3.8, 4) is 23.3 Å². The maximum absolute atomic E-state index is 14.1. The number of nitrogens with one attached hydrogen (secondary N) is 1. The molecular weight excluding hydrogens is 636 g/mol. The summed E-state index contributed by atoms with van der Waals surface area (Å²) in [6.45, 7) is 3.49. The molecule has 5 aromatic rings. The van der Waals surface area contributed by atoms with Crippen molar-refractivity contribution in [3.63, 3.8) is 0 Å². The van der Waals surface area contributed by atoms with Crippen molar-refractivity contribution in [3.05, 3.63) is 60.2 Å². The van der Waals surface area contributed by atoms with Crippen molar-refractivity contribution >= 4 is 39.9 Å². The number of ether oxygens (including phenoxy) is 1. The Morgan fingerprint density at radius 1 is 1.04 bits per heavy atom. The molecule has 4 fully saturated rings. The molecule has 0 unspecified atom stereocenters. The van der Waals surface area contributed by atoms with E-state index in [-0.39, 0.29) is 35.5 Å². The number of carbonyl (C=O) groups is 2. The van der Waals surface area contributed by atoms with Gasteiger partial charge in [-0.2, -0.15) is 5.26 Å². The van der Waals surface area contributed by atoms with E-state index < -0.39 is 6.09 Å². The largest absolute Gasteiger partial charge is 0.494 e. The Kier molecular flexibility index (Phi) is 7.11. The fourth-order valence-corrected chi connectivity index (χ4v) is 8.35. The lowest BCUT2D eigenvalue weighted by Crippen LogP contribution is -2.49. The van der Waals surface area contributed by atoms with E-state index in [2.05, 4.69) is 47.5 Å². The van der Waals surface area contributed by atoms with Gasteiger partial charge < -0.3 is 34.1 Å². The third kappa shape index (κ3) is 5.07. The van der Waals surface area contributed by atoms with Crippen molar-refractivity contribution in [2.24, 2.45) is 17.8 Å². The van der Waals surface area contributed by atoms with Crippen LogP contribution in [0.3, 0.4) is 0 Å². The topological polar surface area (TPSA) is 167 Å². The minimum atomic E-state index is -1.06. The van der Waals surface area contributed by atoms with Gasteiger partial charge in [-0.25, -0.2) is 19.7 Å². The molecule has 14 heteroatoms. The summed E-state index contributed by atoms with van der Waals surface area (Å²) in [7, 11) is 1.62. The summed E-state index contributed by atoms with van der Waals surface area (Å²) < 4.78 is 10.5. The van der Waals surface area contributed by atoms with Crippen LogP contribution < -0.4 is 15.0 Å². The SMILES string of the molecule is COc1cc(C(=O)N2C[C@H]3CC[C@@H]2[C@@H]3NC(=O)O)cc2nc(-c3cc4cccnc4n3CC3CC3)n(CC3CN(c4cncc(C#N)n4)C3)c12. The van der Waals surface area contributed by atoms with E-state index in [0.717, 1.165) is 60.5 Å². The number of hydrogen-bond acceptors (Lipinski definition) is 9. The number of pyridine rings is 1.